The minimum Gasteiger partial charge on any atom is -0.481 e. The van der Waals surface area contributed by atoms with Crippen LogP contribution in [0.25, 0.3) is 0 Å². The number of ether oxygens (including phenoxy) is 2. The van der Waals surface area contributed by atoms with Crippen LogP contribution in [0.3, 0.4) is 0 Å². The summed E-state index contributed by atoms with van der Waals surface area (Å²) in [6.45, 7) is 0.168. The maximum absolute atomic E-state index is 12.6. The topological polar surface area (TPSA) is 67.8 Å². The van der Waals surface area contributed by atoms with Gasteiger partial charge in [-0.2, -0.15) is 8.78 Å². The molecule has 0 aliphatic carbocycles. The van der Waals surface area contributed by atoms with Crippen LogP contribution in [0.15, 0.2) is 41.4 Å². The van der Waals surface area contributed by atoms with E-state index in [1.807, 2.05) is 19.1 Å². The zero-order valence-corrected chi connectivity index (χ0v) is 18.5. The molecule has 10 heteroatoms. The molecule has 6 nitrogen and oxygen atoms in total. The third-order valence-electron chi connectivity index (χ3n) is 3.42. The highest BCUT2D eigenvalue weighted by Gasteiger charge is 2.10. The molecule has 0 bridgehead atoms. The predicted molar refractivity (Wildman–Crippen MR) is 116 cm³/mol. The van der Waals surface area contributed by atoms with Crippen LogP contribution >= 0.6 is 35.6 Å². The van der Waals surface area contributed by atoms with Gasteiger partial charge in [-0.25, -0.2) is 9.98 Å². The average molecular weight is 527 g/mol. The monoisotopic (exact) mass is 526 g/mol. The van der Waals surface area contributed by atoms with Gasteiger partial charge in [0.15, 0.2) is 5.96 Å². The molecule has 0 aliphatic heterocycles. The van der Waals surface area contributed by atoms with E-state index < -0.39 is 6.61 Å². The van der Waals surface area contributed by atoms with E-state index in [4.69, 9.17) is 16.3 Å². The number of nitrogens with one attached hydrogen (secondary N) is 2. The molecule has 1 heterocycles. The summed E-state index contributed by atoms with van der Waals surface area (Å²) in [6, 6.07) is 9.89. The van der Waals surface area contributed by atoms with Gasteiger partial charge >= 0.3 is 6.61 Å². The van der Waals surface area contributed by atoms with Gasteiger partial charge in [0, 0.05) is 23.2 Å². The molecule has 0 atom stereocenters. The van der Waals surface area contributed by atoms with E-state index in [-0.39, 0.29) is 36.3 Å². The Morgan fingerprint density at radius 3 is 2.71 bits per heavy atom. The van der Waals surface area contributed by atoms with Gasteiger partial charge in [0.25, 0.3) is 0 Å². The zero-order chi connectivity index (χ0) is 19.6. The van der Waals surface area contributed by atoms with Crippen molar-refractivity contribution in [2.24, 2.45) is 4.99 Å². The van der Waals surface area contributed by atoms with Gasteiger partial charge in [-0.3, -0.25) is 0 Å². The minimum absolute atomic E-state index is 0. The Kier molecular flexibility index (Phi) is 10.8. The van der Waals surface area contributed by atoms with Crippen molar-refractivity contribution in [2.45, 2.75) is 26.6 Å². The first-order chi connectivity index (χ1) is 13.0. The lowest BCUT2D eigenvalue weighted by Crippen LogP contribution is -2.37. The number of alkyl halides is 2. The molecule has 0 fully saturated rings. The van der Waals surface area contributed by atoms with Gasteiger partial charge < -0.3 is 20.1 Å². The number of guanidine groups is 1. The van der Waals surface area contributed by atoms with Crippen LogP contribution in [-0.2, 0) is 13.1 Å². The summed E-state index contributed by atoms with van der Waals surface area (Å²) in [5.41, 5.74) is 1.23. The van der Waals surface area contributed by atoms with Crippen molar-refractivity contribution in [3.8, 4) is 11.6 Å². The van der Waals surface area contributed by atoms with E-state index >= 15 is 0 Å². The fraction of sp³-hybridized carbons (Fsp3) is 0.333. The highest BCUT2D eigenvalue weighted by atomic mass is 127. The molecule has 2 rings (SSSR count). The quantitative estimate of drug-likeness (QED) is 0.306. The van der Waals surface area contributed by atoms with E-state index in [0.29, 0.717) is 35.5 Å². The molecule has 0 amide bonds. The predicted octanol–water partition coefficient (Wildman–Crippen LogP) is 4.22. The molecule has 2 N–H and O–H groups in total. The first-order valence-electron chi connectivity index (χ1n) is 8.27. The van der Waals surface area contributed by atoms with E-state index in [9.17, 15) is 8.78 Å². The molecule has 154 valence electrons. The maximum atomic E-state index is 12.6. The summed E-state index contributed by atoms with van der Waals surface area (Å²) < 4.78 is 34.7. The minimum atomic E-state index is -2.92. The first-order valence-corrected chi connectivity index (χ1v) is 8.65. The second-order valence-electron chi connectivity index (χ2n) is 5.35. The van der Waals surface area contributed by atoms with Crippen LogP contribution in [0.1, 0.15) is 18.2 Å². The molecule has 28 heavy (non-hydrogen) atoms. The van der Waals surface area contributed by atoms with Gasteiger partial charge in [-0.05, 0) is 31.2 Å². The van der Waals surface area contributed by atoms with Crippen LogP contribution in [0, 0.1) is 0 Å². The second kappa shape index (κ2) is 12.6. The lowest BCUT2D eigenvalue weighted by Gasteiger charge is -2.13. The van der Waals surface area contributed by atoms with Gasteiger partial charge in [0.1, 0.15) is 5.75 Å². The highest BCUT2D eigenvalue weighted by Crippen LogP contribution is 2.25. The molecular weight excluding hydrogens is 505 g/mol. The van der Waals surface area contributed by atoms with Crippen molar-refractivity contribution in [3.05, 3.63) is 52.7 Å². The van der Waals surface area contributed by atoms with Crippen LogP contribution in [0.5, 0.6) is 11.6 Å². The number of methoxy groups -OCH3 is 1. The number of benzene rings is 1. The van der Waals surface area contributed by atoms with Gasteiger partial charge in [0.2, 0.25) is 5.88 Å². The van der Waals surface area contributed by atoms with Crippen molar-refractivity contribution in [3.63, 3.8) is 0 Å². The molecule has 1 aromatic heterocycles. The first kappa shape index (κ1) is 24.2. The Bertz CT molecular complexity index is 781. The number of hydrogen-bond acceptors (Lipinski definition) is 4. The number of halogens is 4. The second-order valence-corrected chi connectivity index (χ2v) is 5.79. The average Bonchev–Trinajstić information content (AvgIpc) is 2.65. The molecule has 0 unspecified atom stereocenters. The number of pyridine rings is 1. The summed E-state index contributed by atoms with van der Waals surface area (Å²) in [5.74, 6) is 1.07. The molecule has 0 saturated carbocycles. The van der Waals surface area contributed by atoms with Crippen LogP contribution in [0.4, 0.5) is 8.78 Å². The van der Waals surface area contributed by atoms with E-state index in [1.165, 1.54) is 12.1 Å². The maximum Gasteiger partial charge on any atom is 0.387 e. The van der Waals surface area contributed by atoms with Crippen LogP contribution in [-0.4, -0.2) is 31.2 Å². The summed E-state index contributed by atoms with van der Waals surface area (Å²) in [4.78, 5) is 8.71. The molecule has 0 radical (unpaired) electrons. The lowest BCUT2D eigenvalue weighted by molar-refractivity contribution is -0.0504. The lowest BCUT2D eigenvalue weighted by atomic mass is 10.2. The Morgan fingerprint density at radius 2 is 2.04 bits per heavy atom. The van der Waals surface area contributed by atoms with Crippen molar-refractivity contribution in [2.75, 3.05) is 13.7 Å². The normalized spacial score (nSPS) is 11.0. The van der Waals surface area contributed by atoms with Crippen molar-refractivity contribution in [1.29, 1.82) is 0 Å². The smallest absolute Gasteiger partial charge is 0.387 e. The van der Waals surface area contributed by atoms with E-state index in [2.05, 4.69) is 25.3 Å². The van der Waals surface area contributed by atoms with Gasteiger partial charge in [0.05, 0.1) is 25.9 Å². The summed E-state index contributed by atoms with van der Waals surface area (Å²) >= 11 is 5.96. The Labute approximate surface area is 184 Å². The summed E-state index contributed by atoms with van der Waals surface area (Å²) in [5, 5.41) is 6.63. The third kappa shape index (κ3) is 8.01. The van der Waals surface area contributed by atoms with Gasteiger partial charge in [-0.1, -0.05) is 17.7 Å². The van der Waals surface area contributed by atoms with Gasteiger partial charge in [-0.15, -0.1) is 24.0 Å². The number of rotatable bonds is 8. The van der Waals surface area contributed by atoms with E-state index in [1.54, 1.807) is 19.2 Å². The van der Waals surface area contributed by atoms with Crippen molar-refractivity contribution >= 4 is 41.5 Å². The summed E-state index contributed by atoms with van der Waals surface area (Å²) in [6.07, 6.45) is 0. The highest BCUT2D eigenvalue weighted by molar-refractivity contribution is 14.0. The largest absolute Gasteiger partial charge is 0.481 e. The Morgan fingerprint density at radius 1 is 1.25 bits per heavy atom. The molecule has 0 aliphatic rings. The standard InChI is InChI=1S/C18H21ClF2N4O2.HI/c1-3-22-18(24-11-14-5-4-6-16(25-14)26-2)23-10-12-9-13(19)7-8-15(12)27-17(20)21;/h4-9,17H,3,10-11H2,1-2H3,(H2,22,23,24);1H. The Balaban J connectivity index is 0.00000392. The van der Waals surface area contributed by atoms with Crippen LogP contribution < -0.4 is 20.1 Å². The summed E-state index contributed by atoms with van der Waals surface area (Å²) in [7, 11) is 1.55. The fourth-order valence-electron chi connectivity index (χ4n) is 2.23. The molecule has 2 aromatic rings. The molecular formula is C18H22ClF2IN4O2. The fourth-order valence-corrected chi connectivity index (χ4v) is 2.43. The molecule has 1 aromatic carbocycles. The number of aliphatic imine (C=N–C) groups is 1. The number of nitrogens with zero attached hydrogens (tertiary/aromatic N) is 2. The zero-order valence-electron chi connectivity index (χ0n) is 15.4. The SMILES string of the molecule is CCNC(=NCc1cc(Cl)ccc1OC(F)F)NCc1cccc(OC)n1.I. The molecule has 0 spiro atoms. The van der Waals surface area contributed by atoms with Crippen molar-refractivity contribution < 1.29 is 18.3 Å². The number of hydrogen-bond donors (Lipinski definition) is 2. The third-order valence-corrected chi connectivity index (χ3v) is 3.65. The van der Waals surface area contributed by atoms with Crippen molar-refractivity contribution in [1.82, 2.24) is 15.6 Å². The number of aromatic nitrogens is 1. The Hall–Kier alpha value is -1.88. The van der Waals surface area contributed by atoms with E-state index in [0.717, 1.165) is 5.69 Å². The molecule has 0 saturated heterocycles. The van der Waals surface area contributed by atoms with Crippen LogP contribution in [0.2, 0.25) is 5.02 Å².